The fourth-order valence-corrected chi connectivity index (χ4v) is 3.00. The van der Waals surface area contributed by atoms with E-state index >= 15 is 0 Å². The molecule has 0 amide bonds. The summed E-state index contributed by atoms with van der Waals surface area (Å²) >= 11 is 8.93. The summed E-state index contributed by atoms with van der Waals surface area (Å²) in [5.41, 5.74) is 0. The molecule has 3 nitrogen and oxygen atoms in total. The molecule has 0 spiro atoms. The highest BCUT2D eigenvalue weighted by atomic mass is 35.5. The average Bonchev–Trinajstić information content (AvgIpc) is 2.84. The van der Waals surface area contributed by atoms with Crippen LogP contribution in [0.4, 0.5) is 0 Å². The van der Waals surface area contributed by atoms with Gasteiger partial charge in [0.25, 0.3) is 0 Å². The summed E-state index contributed by atoms with van der Waals surface area (Å²) in [5, 5.41) is 5.00. The van der Waals surface area contributed by atoms with Crippen molar-refractivity contribution in [3.05, 3.63) is 21.6 Å². The third kappa shape index (κ3) is 2.36. The van der Waals surface area contributed by atoms with Gasteiger partial charge in [-0.2, -0.15) is 0 Å². The van der Waals surface area contributed by atoms with Crippen molar-refractivity contribution in [1.82, 2.24) is 15.3 Å². The smallest absolute Gasteiger partial charge is 0.153 e. The molecule has 2 aromatic rings. The Morgan fingerprint density at radius 1 is 1.27 bits per heavy atom. The molecule has 0 aromatic carbocycles. The lowest BCUT2D eigenvalue weighted by Gasteiger charge is -2.04. The quantitative estimate of drug-likeness (QED) is 0.920. The molecular formula is C9H10ClN3S2. The van der Waals surface area contributed by atoms with Crippen LogP contribution >= 0.6 is 34.3 Å². The lowest BCUT2D eigenvalue weighted by atomic mass is 10.3. The first kappa shape index (κ1) is 11.0. The summed E-state index contributed by atoms with van der Waals surface area (Å²) in [6.07, 6.45) is 3.54. The number of nitrogens with zero attached hydrogens (tertiary/aromatic N) is 2. The molecule has 1 unspecified atom stereocenters. The van der Waals surface area contributed by atoms with Crippen molar-refractivity contribution in [2.24, 2.45) is 0 Å². The van der Waals surface area contributed by atoms with Crippen LogP contribution in [-0.2, 0) is 0 Å². The summed E-state index contributed by atoms with van der Waals surface area (Å²) in [6, 6.07) is 0.326. The molecule has 1 atom stereocenters. The van der Waals surface area contributed by atoms with Gasteiger partial charge in [-0.1, -0.05) is 22.9 Å². The second-order valence-electron chi connectivity index (χ2n) is 3.05. The van der Waals surface area contributed by atoms with Crippen LogP contribution in [0, 0.1) is 0 Å². The maximum Gasteiger partial charge on any atom is 0.153 e. The minimum atomic E-state index is 0.326. The zero-order valence-electron chi connectivity index (χ0n) is 8.32. The number of hydrogen-bond donors (Lipinski definition) is 1. The van der Waals surface area contributed by atoms with Gasteiger partial charge in [-0.15, -0.1) is 11.3 Å². The Morgan fingerprint density at radius 2 is 1.93 bits per heavy atom. The van der Waals surface area contributed by atoms with Crippen LogP contribution in [0.1, 0.15) is 17.8 Å². The van der Waals surface area contributed by atoms with Crippen molar-refractivity contribution in [2.75, 3.05) is 7.05 Å². The predicted molar refractivity (Wildman–Crippen MR) is 65.7 cm³/mol. The van der Waals surface area contributed by atoms with Crippen LogP contribution in [0.5, 0.6) is 0 Å². The fraction of sp³-hybridized carbons (Fsp3) is 0.333. The van der Waals surface area contributed by atoms with Gasteiger partial charge in [0, 0.05) is 17.1 Å². The normalized spacial score (nSPS) is 13.0. The molecule has 0 aliphatic heterocycles. The van der Waals surface area contributed by atoms with Crippen molar-refractivity contribution in [2.45, 2.75) is 13.0 Å². The molecule has 0 bridgehead atoms. The van der Waals surface area contributed by atoms with E-state index in [2.05, 4.69) is 22.2 Å². The largest absolute Gasteiger partial charge is 0.312 e. The van der Waals surface area contributed by atoms with Gasteiger partial charge >= 0.3 is 0 Å². The van der Waals surface area contributed by atoms with E-state index in [1.807, 2.05) is 13.2 Å². The molecule has 0 fully saturated rings. The van der Waals surface area contributed by atoms with Crippen molar-refractivity contribution >= 4 is 34.3 Å². The third-order valence-electron chi connectivity index (χ3n) is 2.04. The van der Waals surface area contributed by atoms with Crippen LogP contribution in [0.2, 0.25) is 4.34 Å². The molecule has 80 valence electrons. The molecule has 15 heavy (non-hydrogen) atoms. The lowest BCUT2D eigenvalue weighted by Crippen LogP contribution is -2.10. The molecular weight excluding hydrogens is 250 g/mol. The predicted octanol–water partition coefficient (Wildman–Crippen LogP) is 3.20. The average molecular weight is 260 g/mol. The second kappa shape index (κ2) is 4.57. The summed E-state index contributed by atoms with van der Waals surface area (Å²) in [5.74, 6) is 0. The number of aromatic nitrogens is 2. The summed E-state index contributed by atoms with van der Waals surface area (Å²) in [7, 11) is 1.93. The minimum Gasteiger partial charge on any atom is -0.312 e. The number of nitrogens with one attached hydrogen (secondary N) is 1. The van der Waals surface area contributed by atoms with Gasteiger partial charge in [-0.3, -0.25) is 0 Å². The van der Waals surface area contributed by atoms with E-state index in [9.17, 15) is 0 Å². The Morgan fingerprint density at radius 3 is 2.53 bits per heavy atom. The lowest BCUT2D eigenvalue weighted by molar-refractivity contribution is 0.662. The van der Waals surface area contributed by atoms with Gasteiger partial charge in [0.05, 0.1) is 6.20 Å². The van der Waals surface area contributed by atoms with Crippen LogP contribution in [0.15, 0.2) is 12.4 Å². The topological polar surface area (TPSA) is 37.8 Å². The van der Waals surface area contributed by atoms with Gasteiger partial charge < -0.3 is 5.32 Å². The van der Waals surface area contributed by atoms with Crippen LogP contribution in [0.3, 0.4) is 0 Å². The van der Waals surface area contributed by atoms with Crippen molar-refractivity contribution in [3.63, 3.8) is 0 Å². The van der Waals surface area contributed by atoms with Gasteiger partial charge in [0.15, 0.2) is 10.0 Å². The maximum atomic E-state index is 5.83. The Balaban J connectivity index is 2.27. The Labute approximate surface area is 101 Å². The molecule has 2 heterocycles. The number of halogens is 1. The first-order valence-corrected chi connectivity index (χ1v) is 6.46. The van der Waals surface area contributed by atoms with Gasteiger partial charge in [-0.05, 0) is 14.0 Å². The Hall–Kier alpha value is -0.490. The molecule has 2 aromatic heterocycles. The molecule has 0 saturated carbocycles. The number of rotatable bonds is 3. The van der Waals surface area contributed by atoms with E-state index < -0.39 is 0 Å². The third-order valence-corrected chi connectivity index (χ3v) is 4.48. The molecule has 1 N–H and O–H groups in total. The van der Waals surface area contributed by atoms with Gasteiger partial charge in [0.1, 0.15) is 4.34 Å². The van der Waals surface area contributed by atoms with Gasteiger partial charge in [0.2, 0.25) is 0 Å². The Kier molecular flexibility index (Phi) is 3.35. The van der Waals surface area contributed by atoms with Crippen molar-refractivity contribution in [3.8, 4) is 10.0 Å². The Bertz CT molecular complexity index is 452. The first-order chi connectivity index (χ1) is 7.20. The van der Waals surface area contributed by atoms with Crippen LogP contribution in [-0.4, -0.2) is 17.0 Å². The van der Waals surface area contributed by atoms with Gasteiger partial charge in [-0.25, -0.2) is 9.97 Å². The SMILES string of the molecule is CNC(C)c1cnc(-c2ncc(Cl)s2)s1. The highest BCUT2D eigenvalue weighted by Crippen LogP contribution is 2.32. The standard InChI is InChI=1S/C9H10ClN3S2/c1-5(11-2)6-3-12-8(14-6)9-13-4-7(10)15-9/h3-5,11H,1-2H3. The van der Waals surface area contributed by atoms with E-state index in [-0.39, 0.29) is 0 Å². The first-order valence-electron chi connectivity index (χ1n) is 4.45. The zero-order chi connectivity index (χ0) is 10.8. The van der Waals surface area contributed by atoms with E-state index in [1.54, 1.807) is 17.5 Å². The molecule has 2 rings (SSSR count). The highest BCUT2D eigenvalue weighted by molar-refractivity contribution is 7.23. The van der Waals surface area contributed by atoms with Crippen molar-refractivity contribution in [1.29, 1.82) is 0 Å². The zero-order valence-corrected chi connectivity index (χ0v) is 10.7. The fourth-order valence-electron chi connectivity index (χ4n) is 1.08. The van der Waals surface area contributed by atoms with E-state index in [1.165, 1.54) is 16.2 Å². The molecule has 0 aliphatic rings. The number of thiazole rings is 2. The maximum absolute atomic E-state index is 5.83. The van der Waals surface area contributed by atoms with Crippen molar-refractivity contribution < 1.29 is 0 Å². The molecule has 0 radical (unpaired) electrons. The summed E-state index contributed by atoms with van der Waals surface area (Å²) < 4.78 is 0.698. The molecule has 6 heteroatoms. The number of hydrogen-bond acceptors (Lipinski definition) is 5. The highest BCUT2D eigenvalue weighted by Gasteiger charge is 2.11. The van der Waals surface area contributed by atoms with Crippen LogP contribution in [0.25, 0.3) is 10.0 Å². The summed E-state index contributed by atoms with van der Waals surface area (Å²) in [4.78, 5) is 9.74. The van der Waals surface area contributed by atoms with E-state index in [4.69, 9.17) is 11.6 Å². The monoisotopic (exact) mass is 259 g/mol. The second-order valence-corrected chi connectivity index (χ2v) is 5.77. The van der Waals surface area contributed by atoms with E-state index in [0.29, 0.717) is 10.4 Å². The minimum absolute atomic E-state index is 0.326. The summed E-state index contributed by atoms with van der Waals surface area (Å²) in [6.45, 7) is 2.10. The molecule has 0 aliphatic carbocycles. The van der Waals surface area contributed by atoms with E-state index in [0.717, 1.165) is 10.0 Å². The van der Waals surface area contributed by atoms with Crippen LogP contribution < -0.4 is 5.32 Å². The molecule has 0 saturated heterocycles.